The zero-order chi connectivity index (χ0) is 13.1. The third kappa shape index (κ3) is 2.58. The average molecular weight is 250 g/mol. The van der Waals surface area contributed by atoms with Gasteiger partial charge in [-0.15, -0.1) is 0 Å². The molecular weight excluding hydrogens is 228 g/mol. The van der Waals surface area contributed by atoms with Crippen molar-refractivity contribution in [3.8, 4) is 0 Å². The van der Waals surface area contributed by atoms with Crippen molar-refractivity contribution < 1.29 is 9.21 Å². The van der Waals surface area contributed by atoms with Gasteiger partial charge in [-0.25, -0.2) is 0 Å². The first kappa shape index (κ1) is 13.1. The topological polar surface area (TPSA) is 45.5 Å². The van der Waals surface area contributed by atoms with Crippen LogP contribution >= 0.6 is 0 Å². The number of hydrogen-bond acceptors (Lipinski definition) is 3. The maximum atomic E-state index is 12.3. The van der Waals surface area contributed by atoms with Gasteiger partial charge in [0, 0.05) is 32.1 Å². The Bertz CT molecular complexity index is 404. The van der Waals surface area contributed by atoms with E-state index in [4.69, 9.17) is 4.42 Å². The predicted octanol–water partition coefficient (Wildman–Crippen LogP) is 1.84. The summed E-state index contributed by atoms with van der Waals surface area (Å²) in [7, 11) is 0. The van der Waals surface area contributed by atoms with Gasteiger partial charge in [0.1, 0.15) is 5.76 Å². The van der Waals surface area contributed by atoms with Crippen LogP contribution in [0.4, 0.5) is 0 Å². The first-order valence-corrected chi connectivity index (χ1v) is 6.79. The molecule has 1 saturated heterocycles. The molecule has 1 aliphatic rings. The maximum Gasteiger partial charge on any atom is 0.289 e. The van der Waals surface area contributed by atoms with Crippen molar-refractivity contribution in [1.82, 2.24) is 10.2 Å². The molecule has 0 saturated carbocycles. The van der Waals surface area contributed by atoms with Gasteiger partial charge >= 0.3 is 0 Å². The summed E-state index contributed by atoms with van der Waals surface area (Å²) in [4.78, 5) is 14.2. The summed E-state index contributed by atoms with van der Waals surface area (Å²) in [6.45, 7) is 8.60. The minimum Gasteiger partial charge on any atom is -0.456 e. The van der Waals surface area contributed by atoms with Crippen LogP contribution in [0.1, 0.15) is 42.6 Å². The highest BCUT2D eigenvalue weighted by molar-refractivity contribution is 5.92. The zero-order valence-electron chi connectivity index (χ0n) is 11.5. The van der Waals surface area contributed by atoms with Crippen molar-refractivity contribution in [2.45, 2.75) is 39.7 Å². The smallest absolute Gasteiger partial charge is 0.289 e. The summed E-state index contributed by atoms with van der Waals surface area (Å²) in [5, 5.41) is 3.33. The highest BCUT2D eigenvalue weighted by atomic mass is 16.4. The van der Waals surface area contributed by atoms with Crippen LogP contribution in [-0.4, -0.2) is 36.5 Å². The molecule has 1 aromatic rings. The number of nitrogens with zero attached hydrogens (tertiary/aromatic N) is 1. The number of amides is 1. The fourth-order valence-electron chi connectivity index (χ4n) is 2.44. The molecule has 1 aromatic heterocycles. The molecule has 0 aromatic carbocycles. The Labute approximate surface area is 108 Å². The van der Waals surface area contributed by atoms with Crippen LogP contribution in [0, 0.1) is 0 Å². The first-order valence-electron chi connectivity index (χ1n) is 6.79. The highest BCUT2D eigenvalue weighted by Gasteiger charge is 2.24. The van der Waals surface area contributed by atoms with Crippen molar-refractivity contribution in [3.63, 3.8) is 0 Å². The molecule has 0 radical (unpaired) electrons. The van der Waals surface area contributed by atoms with E-state index in [9.17, 15) is 4.79 Å². The van der Waals surface area contributed by atoms with Crippen molar-refractivity contribution in [1.29, 1.82) is 0 Å². The molecule has 18 heavy (non-hydrogen) atoms. The maximum absolute atomic E-state index is 12.3. The molecule has 0 aliphatic carbocycles. The number of furan rings is 1. The lowest BCUT2D eigenvalue weighted by Crippen LogP contribution is -2.51. The normalized spacial score (nSPS) is 20.2. The molecule has 2 rings (SSSR count). The fraction of sp³-hybridized carbons (Fsp3) is 0.643. The van der Waals surface area contributed by atoms with Crippen LogP contribution in [0.2, 0.25) is 0 Å². The molecule has 2 heterocycles. The largest absolute Gasteiger partial charge is 0.456 e. The first-order chi connectivity index (χ1) is 8.65. The molecule has 0 spiro atoms. The van der Waals surface area contributed by atoms with Gasteiger partial charge in [0.05, 0.1) is 0 Å². The van der Waals surface area contributed by atoms with Gasteiger partial charge in [0.2, 0.25) is 0 Å². The molecule has 100 valence electrons. The molecule has 1 N–H and O–H groups in total. The van der Waals surface area contributed by atoms with Crippen LogP contribution in [0.3, 0.4) is 0 Å². The van der Waals surface area contributed by atoms with Crippen molar-refractivity contribution in [2.75, 3.05) is 19.6 Å². The van der Waals surface area contributed by atoms with E-state index in [0.717, 1.165) is 43.8 Å². The lowest BCUT2D eigenvalue weighted by Gasteiger charge is -2.31. The van der Waals surface area contributed by atoms with Crippen LogP contribution in [0.15, 0.2) is 10.5 Å². The molecule has 4 heteroatoms. The van der Waals surface area contributed by atoms with Gasteiger partial charge in [0.15, 0.2) is 5.76 Å². The van der Waals surface area contributed by atoms with Gasteiger partial charge in [-0.1, -0.05) is 13.8 Å². The van der Waals surface area contributed by atoms with Gasteiger partial charge in [-0.2, -0.15) is 0 Å². The minimum atomic E-state index is 0.0257. The van der Waals surface area contributed by atoms with E-state index >= 15 is 0 Å². The van der Waals surface area contributed by atoms with E-state index in [1.807, 2.05) is 11.0 Å². The van der Waals surface area contributed by atoms with Crippen molar-refractivity contribution in [3.05, 3.63) is 23.2 Å². The highest BCUT2D eigenvalue weighted by Crippen LogP contribution is 2.19. The van der Waals surface area contributed by atoms with Gasteiger partial charge in [-0.3, -0.25) is 4.79 Å². The van der Waals surface area contributed by atoms with Gasteiger partial charge in [0.25, 0.3) is 5.91 Å². The molecule has 1 fully saturated rings. The monoisotopic (exact) mass is 250 g/mol. The van der Waals surface area contributed by atoms with Crippen molar-refractivity contribution >= 4 is 5.91 Å². The molecule has 1 aliphatic heterocycles. The SMILES string of the molecule is CCc1cc(C(=O)N2CCN[C@H](C)C2)oc1CC. The van der Waals surface area contributed by atoms with E-state index in [-0.39, 0.29) is 5.91 Å². The lowest BCUT2D eigenvalue weighted by atomic mass is 10.1. The number of piperazine rings is 1. The Hall–Kier alpha value is -1.29. The Morgan fingerprint density at radius 3 is 2.83 bits per heavy atom. The second-order valence-corrected chi connectivity index (χ2v) is 4.87. The fourth-order valence-corrected chi connectivity index (χ4v) is 2.44. The standard InChI is InChI=1S/C14H22N2O2/c1-4-11-8-13(18-12(11)5-2)14(17)16-7-6-15-10(3)9-16/h8,10,15H,4-7,9H2,1-3H3/t10-/m1/s1. The predicted molar refractivity (Wildman–Crippen MR) is 70.8 cm³/mol. The zero-order valence-corrected chi connectivity index (χ0v) is 11.5. The van der Waals surface area contributed by atoms with E-state index in [2.05, 4.69) is 26.1 Å². The van der Waals surface area contributed by atoms with E-state index < -0.39 is 0 Å². The van der Waals surface area contributed by atoms with Crippen LogP contribution < -0.4 is 5.32 Å². The van der Waals surface area contributed by atoms with Crippen LogP contribution in [0.25, 0.3) is 0 Å². The summed E-state index contributed by atoms with van der Waals surface area (Å²) in [6.07, 6.45) is 1.76. The third-order valence-electron chi connectivity index (χ3n) is 3.47. The van der Waals surface area contributed by atoms with Crippen molar-refractivity contribution in [2.24, 2.45) is 0 Å². The molecule has 0 unspecified atom stereocenters. The molecule has 1 amide bonds. The Morgan fingerprint density at radius 2 is 2.28 bits per heavy atom. The number of aryl methyl sites for hydroxylation is 2. The van der Waals surface area contributed by atoms with E-state index in [1.165, 1.54) is 0 Å². The van der Waals surface area contributed by atoms with E-state index in [1.54, 1.807) is 0 Å². The number of rotatable bonds is 3. The Morgan fingerprint density at radius 1 is 1.50 bits per heavy atom. The number of hydrogen-bond donors (Lipinski definition) is 1. The number of carbonyl (C=O) groups is 1. The Balaban J connectivity index is 2.15. The second kappa shape index (κ2) is 5.57. The quantitative estimate of drug-likeness (QED) is 0.890. The second-order valence-electron chi connectivity index (χ2n) is 4.87. The number of carbonyl (C=O) groups excluding carboxylic acids is 1. The summed E-state index contributed by atoms with van der Waals surface area (Å²) in [5.74, 6) is 1.47. The van der Waals surface area contributed by atoms with Crippen LogP contribution in [-0.2, 0) is 12.8 Å². The number of nitrogens with one attached hydrogen (secondary N) is 1. The van der Waals surface area contributed by atoms with E-state index in [0.29, 0.717) is 11.8 Å². The summed E-state index contributed by atoms with van der Waals surface area (Å²) >= 11 is 0. The minimum absolute atomic E-state index is 0.0257. The summed E-state index contributed by atoms with van der Waals surface area (Å²) in [5.41, 5.74) is 1.16. The average Bonchev–Trinajstić information content (AvgIpc) is 2.81. The molecule has 0 bridgehead atoms. The third-order valence-corrected chi connectivity index (χ3v) is 3.47. The molecule has 4 nitrogen and oxygen atoms in total. The van der Waals surface area contributed by atoms with Gasteiger partial charge < -0.3 is 14.6 Å². The summed E-state index contributed by atoms with van der Waals surface area (Å²) in [6, 6.07) is 2.27. The van der Waals surface area contributed by atoms with Crippen LogP contribution in [0.5, 0.6) is 0 Å². The lowest BCUT2D eigenvalue weighted by molar-refractivity contribution is 0.0675. The van der Waals surface area contributed by atoms with Gasteiger partial charge in [-0.05, 0) is 25.0 Å². The molecular formula is C14H22N2O2. The summed E-state index contributed by atoms with van der Waals surface area (Å²) < 4.78 is 5.69. The Kier molecular flexibility index (Phi) is 4.07. The molecule has 1 atom stereocenters.